The Morgan fingerprint density at radius 3 is 2.47 bits per heavy atom. The first-order valence-electron chi connectivity index (χ1n) is 6.81. The van der Waals surface area contributed by atoms with Crippen LogP contribution in [0.1, 0.15) is 47.0 Å². The van der Waals surface area contributed by atoms with E-state index in [0.717, 1.165) is 12.3 Å². The lowest BCUT2D eigenvalue weighted by Gasteiger charge is -2.64. The van der Waals surface area contributed by atoms with E-state index in [9.17, 15) is 5.11 Å². The topological polar surface area (TPSA) is 38.7 Å². The Balaban J connectivity index is 1.96. The van der Waals surface area contributed by atoms with Gasteiger partial charge in [-0.15, -0.1) is 0 Å². The van der Waals surface area contributed by atoms with Crippen molar-refractivity contribution in [1.29, 1.82) is 0 Å². The monoisotopic (exact) mass is 240 g/mol. The van der Waals surface area contributed by atoms with Crippen LogP contribution in [0.15, 0.2) is 0 Å². The summed E-state index contributed by atoms with van der Waals surface area (Å²) in [4.78, 5) is 0. The van der Waals surface area contributed by atoms with Gasteiger partial charge in [0.15, 0.2) is 5.79 Å². The molecule has 4 fully saturated rings. The highest BCUT2D eigenvalue weighted by atomic mass is 16.8. The Morgan fingerprint density at radius 1 is 1.18 bits per heavy atom. The summed E-state index contributed by atoms with van der Waals surface area (Å²) in [6.07, 6.45) is 3.22. The van der Waals surface area contributed by atoms with Crippen molar-refractivity contribution in [2.24, 2.45) is 17.3 Å². The lowest BCUT2D eigenvalue weighted by atomic mass is 9.43. The molecule has 1 N–H and O–H groups in total. The fraction of sp³-hybridized carbons (Fsp3) is 1.00. The van der Waals surface area contributed by atoms with Crippen LogP contribution in [0.2, 0.25) is 0 Å². The molecule has 0 spiro atoms. The molecule has 4 aliphatic rings. The molecule has 2 bridgehead atoms. The zero-order valence-corrected chi connectivity index (χ0v) is 11.3. The molecule has 3 saturated carbocycles. The van der Waals surface area contributed by atoms with Crippen molar-refractivity contribution < 1.29 is 14.6 Å². The largest absolute Gasteiger partial charge is 0.396 e. The van der Waals surface area contributed by atoms with Gasteiger partial charge in [0, 0.05) is 13.0 Å². The van der Waals surface area contributed by atoms with Gasteiger partial charge >= 0.3 is 0 Å². The minimum absolute atomic E-state index is 0.182. The van der Waals surface area contributed by atoms with E-state index in [1.807, 2.05) is 13.8 Å². The van der Waals surface area contributed by atoms with Crippen LogP contribution in [-0.2, 0) is 9.47 Å². The zero-order chi connectivity index (χ0) is 12.5. The SMILES string of the molecule is CC1(C)OC2CC3CC(C3(C)C)[C@@]2(CCO)O1. The molecule has 98 valence electrons. The Morgan fingerprint density at radius 2 is 1.88 bits per heavy atom. The highest BCUT2D eigenvalue weighted by Gasteiger charge is 2.70. The van der Waals surface area contributed by atoms with Gasteiger partial charge < -0.3 is 14.6 Å². The van der Waals surface area contributed by atoms with Crippen molar-refractivity contribution >= 4 is 0 Å². The summed E-state index contributed by atoms with van der Waals surface area (Å²) in [7, 11) is 0. The van der Waals surface area contributed by atoms with Crippen molar-refractivity contribution in [2.45, 2.75) is 64.4 Å². The molecule has 3 heteroatoms. The molecule has 0 amide bonds. The van der Waals surface area contributed by atoms with Gasteiger partial charge in [-0.2, -0.15) is 0 Å². The lowest BCUT2D eigenvalue weighted by Crippen LogP contribution is -2.67. The molecule has 1 aliphatic heterocycles. The summed E-state index contributed by atoms with van der Waals surface area (Å²) in [6.45, 7) is 8.86. The van der Waals surface area contributed by atoms with Gasteiger partial charge in [0.05, 0.1) is 6.10 Å². The average Bonchev–Trinajstić information content (AvgIpc) is 2.47. The van der Waals surface area contributed by atoms with E-state index in [-0.39, 0.29) is 18.3 Å². The Hall–Kier alpha value is -0.120. The van der Waals surface area contributed by atoms with Crippen LogP contribution in [0.4, 0.5) is 0 Å². The fourth-order valence-corrected chi connectivity index (χ4v) is 4.60. The van der Waals surface area contributed by atoms with Gasteiger partial charge in [0.2, 0.25) is 0 Å². The molecule has 0 aromatic carbocycles. The van der Waals surface area contributed by atoms with Crippen molar-refractivity contribution in [3.8, 4) is 0 Å². The van der Waals surface area contributed by atoms with E-state index in [1.54, 1.807) is 0 Å². The molecule has 3 aliphatic carbocycles. The smallest absolute Gasteiger partial charge is 0.164 e. The van der Waals surface area contributed by atoms with Crippen LogP contribution in [0.25, 0.3) is 0 Å². The second kappa shape index (κ2) is 3.25. The molecular formula is C14H24O3. The fourth-order valence-electron chi connectivity index (χ4n) is 4.60. The predicted octanol–water partition coefficient (Wildman–Crippen LogP) is 2.33. The zero-order valence-electron chi connectivity index (χ0n) is 11.3. The minimum atomic E-state index is -0.493. The third-order valence-electron chi connectivity index (χ3n) is 5.47. The maximum Gasteiger partial charge on any atom is 0.164 e. The highest BCUT2D eigenvalue weighted by Crippen LogP contribution is 2.67. The Labute approximate surface area is 103 Å². The van der Waals surface area contributed by atoms with Gasteiger partial charge in [0.25, 0.3) is 0 Å². The van der Waals surface area contributed by atoms with Crippen molar-refractivity contribution in [3.63, 3.8) is 0 Å². The third kappa shape index (κ3) is 1.39. The maximum atomic E-state index is 9.40. The first-order valence-corrected chi connectivity index (χ1v) is 6.81. The standard InChI is InChI=1S/C14H24O3/c1-12(2)9-7-10(12)14(5-6-15)11(8-9)16-13(3,4)17-14/h9-11,15H,5-8H2,1-4H3/t9?,10?,11?,14-/m1/s1. The van der Waals surface area contributed by atoms with Crippen LogP contribution in [-0.4, -0.2) is 29.2 Å². The number of rotatable bonds is 2. The molecule has 0 aromatic rings. The summed E-state index contributed by atoms with van der Waals surface area (Å²) in [5.41, 5.74) is 0.103. The van der Waals surface area contributed by atoms with E-state index >= 15 is 0 Å². The number of aliphatic hydroxyl groups excluding tert-OH is 1. The normalized spacial score (nSPS) is 49.6. The summed E-state index contributed by atoms with van der Waals surface area (Å²) in [5.74, 6) is 0.808. The number of ether oxygens (including phenoxy) is 2. The molecular weight excluding hydrogens is 216 g/mol. The van der Waals surface area contributed by atoms with Crippen molar-refractivity contribution in [2.75, 3.05) is 6.61 Å². The van der Waals surface area contributed by atoms with Crippen molar-refractivity contribution in [3.05, 3.63) is 0 Å². The molecule has 3 unspecified atom stereocenters. The Bertz CT molecular complexity index is 336. The molecule has 1 heterocycles. The number of aliphatic hydroxyl groups is 1. The Kier molecular flexibility index (Phi) is 2.28. The third-order valence-corrected chi connectivity index (χ3v) is 5.47. The van der Waals surface area contributed by atoms with Crippen LogP contribution in [0.5, 0.6) is 0 Å². The van der Waals surface area contributed by atoms with Crippen LogP contribution < -0.4 is 0 Å². The number of hydrogen-bond acceptors (Lipinski definition) is 3. The first kappa shape index (κ1) is 11.9. The molecule has 1 saturated heterocycles. The van der Waals surface area contributed by atoms with Gasteiger partial charge in [0.1, 0.15) is 5.60 Å². The lowest BCUT2D eigenvalue weighted by molar-refractivity contribution is -0.234. The molecule has 4 atom stereocenters. The average molecular weight is 240 g/mol. The molecule has 4 rings (SSSR count). The van der Waals surface area contributed by atoms with E-state index in [4.69, 9.17) is 9.47 Å². The van der Waals surface area contributed by atoms with Crippen LogP contribution in [0.3, 0.4) is 0 Å². The van der Waals surface area contributed by atoms with E-state index in [0.29, 0.717) is 17.8 Å². The molecule has 17 heavy (non-hydrogen) atoms. The van der Waals surface area contributed by atoms with E-state index in [2.05, 4.69) is 13.8 Å². The second-order valence-corrected chi connectivity index (χ2v) is 7.08. The quantitative estimate of drug-likeness (QED) is 0.805. The van der Waals surface area contributed by atoms with Gasteiger partial charge in [-0.25, -0.2) is 0 Å². The first-order chi connectivity index (χ1) is 7.82. The van der Waals surface area contributed by atoms with E-state index in [1.165, 1.54) is 6.42 Å². The molecule has 0 radical (unpaired) electrons. The molecule has 0 aromatic heterocycles. The van der Waals surface area contributed by atoms with Crippen LogP contribution in [0, 0.1) is 17.3 Å². The van der Waals surface area contributed by atoms with Gasteiger partial charge in [-0.3, -0.25) is 0 Å². The highest BCUT2D eigenvalue weighted by molar-refractivity contribution is 5.17. The maximum absolute atomic E-state index is 9.40. The van der Waals surface area contributed by atoms with Crippen LogP contribution >= 0.6 is 0 Å². The minimum Gasteiger partial charge on any atom is -0.396 e. The van der Waals surface area contributed by atoms with Crippen molar-refractivity contribution in [1.82, 2.24) is 0 Å². The number of hydrogen-bond donors (Lipinski definition) is 1. The molecule has 3 nitrogen and oxygen atoms in total. The second-order valence-electron chi connectivity index (χ2n) is 7.08. The summed E-state index contributed by atoms with van der Waals surface area (Å²) in [5, 5.41) is 9.40. The summed E-state index contributed by atoms with van der Waals surface area (Å²) >= 11 is 0. The predicted molar refractivity (Wildman–Crippen MR) is 64.5 cm³/mol. The van der Waals surface area contributed by atoms with Gasteiger partial charge in [-0.05, 0) is 43.9 Å². The summed E-state index contributed by atoms with van der Waals surface area (Å²) in [6, 6.07) is 0. The van der Waals surface area contributed by atoms with E-state index < -0.39 is 5.79 Å². The van der Waals surface area contributed by atoms with Gasteiger partial charge in [-0.1, -0.05) is 13.8 Å². The summed E-state index contributed by atoms with van der Waals surface area (Å²) < 4.78 is 12.4.